The molecule has 0 fully saturated rings. The molecule has 3 rings (SSSR count). The van der Waals surface area contributed by atoms with Crippen molar-refractivity contribution in [3.05, 3.63) is 60.3 Å². The van der Waals surface area contributed by atoms with E-state index in [1.807, 2.05) is 30.5 Å². The van der Waals surface area contributed by atoms with Gasteiger partial charge in [0, 0.05) is 35.3 Å². The molecule has 0 spiro atoms. The Bertz CT molecular complexity index is 917. The van der Waals surface area contributed by atoms with Crippen molar-refractivity contribution < 1.29 is 19.1 Å². The highest BCUT2D eigenvalue weighted by atomic mass is 16.5. The molecule has 1 heterocycles. The van der Waals surface area contributed by atoms with E-state index in [0.717, 1.165) is 16.5 Å². The summed E-state index contributed by atoms with van der Waals surface area (Å²) in [5.41, 5.74) is 2.68. The Morgan fingerprint density at radius 2 is 1.96 bits per heavy atom. The molecule has 0 bridgehead atoms. The van der Waals surface area contributed by atoms with Crippen molar-refractivity contribution in [3.63, 3.8) is 0 Å². The highest BCUT2D eigenvalue weighted by Gasteiger charge is 2.10. The molecule has 1 amide bonds. The zero-order valence-corrected chi connectivity index (χ0v) is 14.5. The number of ether oxygens (including phenoxy) is 2. The Morgan fingerprint density at radius 1 is 1.12 bits per heavy atom. The van der Waals surface area contributed by atoms with Gasteiger partial charge in [0.15, 0.2) is 6.61 Å². The fourth-order valence-electron chi connectivity index (χ4n) is 2.69. The number of amides is 1. The number of hydrogen-bond donors (Lipinski definition) is 2. The van der Waals surface area contributed by atoms with Gasteiger partial charge in [-0.2, -0.15) is 0 Å². The first-order valence-electron chi connectivity index (χ1n) is 8.30. The summed E-state index contributed by atoms with van der Waals surface area (Å²) in [4.78, 5) is 27.0. The van der Waals surface area contributed by atoms with Crippen molar-refractivity contribution in [1.82, 2.24) is 4.98 Å². The van der Waals surface area contributed by atoms with Crippen LogP contribution in [-0.4, -0.2) is 30.6 Å². The molecule has 0 saturated carbocycles. The Kier molecular flexibility index (Phi) is 5.53. The third-order valence-electron chi connectivity index (χ3n) is 3.99. The molecule has 6 heteroatoms. The van der Waals surface area contributed by atoms with Crippen LogP contribution in [0.15, 0.2) is 54.7 Å². The number of carbonyl (C=O) groups excluding carboxylic acids is 2. The Hall–Kier alpha value is -3.28. The number of aromatic nitrogens is 1. The standard InChI is InChI=1S/C20H20N2O4/c1-25-16-6-4-5-15(11-16)22-19(23)13-26-20(24)10-9-14-12-21-18-8-3-2-7-17(14)18/h2-8,11-12,21H,9-10,13H2,1H3,(H,22,23). The average molecular weight is 352 g/mol. The number of nitrogens with one attached hydrogen (secondary N) is 2. The van der Waals surface area contributed by atoms with Gasteiger partial charge in [-0.15, -0.1) is 0 Å². The molecule has 2 aromatic carbocycles. The highest BCUT2D eigenvalue weighted by molar-refractivity contribution is 5.93. The lowest BCUT2D eigenvalue weighted by Crippen LogP contribution is -2.21. The summed E-state index contributed by atoms with van der Waals surface area (Å²) >= 11 is 0. The maximum absolute atomic E-state index is 11.9. The maximum Gasteiger partial charge on any atom is 0.306 e. The van der Waals surface area contributed by atoms with Crippen LogP contribution in [0.25, 0.3) is 10.9 Å². The second-order valence-electron chi connectivity index (χ2n) is 5.80. The molecule has 3 aromatic rings. The maximum atomic E-state index is 11.9. The van der Waals surface area contributed by atoms with E-state index in [4.69, 9.17) is 9.47 Å². The zero-order valence-electron chi connectivity index (χ0n) is 14.5. The van der Waals surface area contributed by atoms with Crippen molar-refractivity contribution >= 4 is 28.5 Å². The molecule has 0 atom stereocenters. The monoisotopic (exact) mass is 352 g/mol. The normalized spacial score (nSPS) is 10.5. The Balaban J connectivity index is 1.45. The van der Waals surface area contributed by atoms with Crippen LogP contribution >= 0.6 is 0 Å². The number of aromatic amines is 1. The molecule has 0 radical (unpaired) electrons. The van der Waals surface area contributed by atoms with Gasteiger partial charge in [-0.1, -0.05) is 24.3 Å². The van der Waals surface area contributed by atoms with Gasteiger partial charge in [0.1, 0.15) is 5.75 Å². The van der Waals surface area contributed by atoms with Gasteiger partial charge < -0.3 is 19.8 Å². The second-order valence-corrected chi connectivity index (χ2v) is 5.80. The van der Waals surface area contributed by atoms with Crippen LogP contribution in [0.4, 0.5) is 5.69 Å². The molecule has 0 aliphatic heterocycles. The zero-order chi connectivity index (χ0) is 18.4. The van der Waals surface area contributed by atoms with E-state index in [2.05, 4.69) is 10.3 Å². The largest absolute Gasteiger partial charge is 0.497 e. The smallest absolute Gasteiger partial charge is 0.306 e. The van der Waals surface area contributed by atoms with Crippen molar-refractivity contribution in [1.29, 1.82) is 0 Å². The van der Waals surface area contributed by atoms with Crippen LogP contribution < -0.4 is 10.1 Å². The van der Waals surface area contributed by atoms with Crippen LogP contribution in [0.2, 0.25) is 0 Å². The van der Waals surface area contributed by atoms with E-state index in [-0.39, 0.29) is 13.0 Å². The van der Waals surface area contributed by atoms with Gasteiger partial charge in [0.05, 0.1) is 7.11 Å². The number of anilines is 1. The first-order chi connectivity index (χ1) is 12.7. The Labute approximate surface area is 151 Å². The van der Waals surface area contributed by atoms with Crippen molar-refractivity contribution in [2.75, 3.05) is 19.0 Å². The number of esters is 1. The topological polar surface area (TPSA) is 80.4 Å². The third kappa shape index (κ3) is 4.42. The highest BCUT2D eigenvalue weighted by Crippen LogP contribution is 2.19. The average Bonchev–Trinajstić information content (AvgIpc) is 3.08. The van der Waals surface area contributed by atoms with Gasteiger partial charge in [0.2, 0.25) is 0 Å². The molecule has 2 N–H and O–H groups in total. The first kappa shape index (κ1) is 17.5. The molecule has 1 aromatic heterocycles. The second kappa shape index (κ2) is 8.20. The summed E-state index contributed by atoms with van der Waals surface area (Å²) in [5.74, 6) is -0.159. The summed E-state index contributed by atoms with van der Waals surface area (Å²) < 4.78 is 10.1. The summed E-state index contributed by atoms with van der Waals surface area (Å²) in [6.07, 6.45) is 2.67. The van der Waals surface area contributed by atoms with E-state index >= 15 is 0 Å². The molecule has 0 aliphatic carbocycles. The van der Waals surface area contributed by atoms with Gasteiger partial charge in [-0.3, -0.25) is 9.59 Å². The fourth-order valence-corrected chi connectivity index (χ4v) is 2.69. The predicted octanol–water partition coefficient (Wildman–Crippen LogP) is 3.29. The van der Waals surface area contributed by atoms with Gasteiger partial charge >= 0.3 is 5.97 Å². The number of methoxy groups -OCH3 is 1. The summed E-state index contributed by atoms with van der Waals surface area (Å²) in [7, 11) is 1.55. The van der Waals surface area contributed by atoms with E-state index < -0.39 is 11.9 Å². The van der Waals surface area contributed by atoms with Gasteiger partial charge in [-0.25, -0.2) is 0 Å². The fraction of sp³-hybridized carbons (Fsp3) is 0.200. The third-order valence-corrected chi connectivity index (χ3v) is 3.99. The SMILES string of the molecule is COc1cccc(NC(=O)COC(=O)CCc2c[nH]c3ccccc23)c1. The number of rotatable bonds is 7. The quantitative estimate of drug-likeness (QED) is 0.640. The van der Waals surface area contributed by atoms with Crippen LogP contribution in [0, 0.1) is 0 Å². The first-order valence-corrected chi connectivity index (χ1v) is 8.30. The van der Waals surface area contributed by atoms with Gasteiger partial charge in [0.25, 0.3) is 5.91 Å². The minimum atomic E-state index is -0.406. The summed E-state index contributed by atoms with van der Waals surface area (Å²) in [6, 6.07) is 14.9. The minimum absolute atomic E-state index is 0.217. The van der Waals surface area contributed by atoms with Gasteiger partial charge in [-0.05, 0) is 30.2 Å². The number of benzene rings is 2. The number of carbonyl (C=O) groups is 2. The lowest BCUT2D eigenvalue weighted by molar-refractivity contribution is -0.147. The van der Waals surface area contributed by atoms with E-state index in [9.17, 15) is 9.59 Å². The van der Waals surface area contributed by atoms with Crippen LogP contribution in [0.1, 0.15) is 12.0 Å². The Morgan fingerprint density at radius 3 is 2.81 bits per heavy atom. The van der Waals surface area contributed by atoms with Crippen molar-refractivity contribution in [2.24, 2.45) is 0 Å². The lowest BCUT2D eigenvalue weighted by Gasteiger charge is -2.08. The number of aryl methyl sites for hydroxylation is 1. The molecule has 6 nitrogen and oxygen atoms in total. The number of hydrogen-bond acceptors (Lipinski definition) is 4. The van der Waals surface area contributed by atoms with Crippen LogP contribution in [0.5, 0.6) is 5.75 Å². The summed E-state index contributed by atoms with van der Waals surface area (Å²) in [6.45, 7) is -0.316. The summed E-state index contributed by atoms with van der Waals surface area (Å²) in [5, 5.41) is 3.76. The molecule has 0 saturated heterocycles. The minimum Gasteiger partial charge on any atom is -0.497 e. The number of fused-ring (bicyclic) bond motifs is 1. The molecule has 0 aliphatic rings. The van der Waals surface area contributed by atoms with Crippen LogP contribution in [-0.2, 0) is 20.7 Å². The molecule has 26 heavy (non-hydrogen) atoms. The number of para-hydroxylation sites is 1. The van der Waals surface area contributed by atoms with Crippen molar-refractivity contribution in [3.8, 4) is 5.75 Å². The molecule has 0 unspecified atom stereocenters. The molecule has 134 valence electrons. The predicted molar refractivity (Wildman–Crippen MR) is 99.2 cm³/mol. The van der Waals surface area contributed by atoms with E-state index in [1.165, 1.54) is 0 Å². The van der Waals surface area contributed by atoms with Crippen molar-refractivity contribution in [2.45, 2.75) is 12.8 Å². The molecular formula is C20H20N2O4. The molecular weight excluding hydrogens is 332 g/mol. The van der Waals surface area contributed by atoms with E-state index in [0.29, 0.717) is 17.9 Å². The van der Waals surface area contributed by atoms with E-state index in [1.54, 1.807) is 31.4 Å². The van der Waals surface area contributed by atoms with Crippen LogP contribution in [0.3, 0.4) is 0 Å². The number of H-pyrrole nitrogens is 1. The lowest BCUT2D eigenvalue weighted by atomic mass is 10.1.